The van der Waals surface area contributed by atoms with Crippen molar-refractivity contribution in [3.63, 3.8) is 0 Å². The first-order valence-corrected chi connectivity index (χ1v) is 7.77. The highest BCUT2D eigenvalue weighted by Crippen LogP contribution is 2.27. The third-order valence-electron chi connectivity index (χ3n) is 3.41. The van der Waals surface area contributed by atoms with Crippen LogP contribution in [0, 0.1) is 0 Å². The molecule has 0 spiro atoms. The van der Waals surface area contributed by atoms with E-state index in [0.29, 0.717) is 0 Å². The molecule has 0 fully saturated rings. The van der Waals surface area contributed by atoms with E-state index in [1.54, 1.807) is 0 Å². The van der Waals surface area contributed by atoms with Gasteiger partial charge in [0.05, 0.1) is 17.3 Å². The first-order valence-electron chi connectivity index (χ1n) is 6.98. The van der Waals surface area contributed by atoms with E-state index in [0.717, 1.165) is 33.2 Å². The zero-order chi connectivity index (χ0) is 14.7. The fourth-order valence-electron chi connectivity index (χ4n) is 2.43. The van der Waals surface area contributed by atoms with Crippen LogP contribution in [-0.4, -0.2) is 16.5 Å². The maximum Gasteiger partial charge on any atom is 0.0778 e. The van der Waals surface area contributed by atoms with Crippen molar-refractivity contribution in [2.45, 2.75) is 13.0 Å². The monoisotopic (exact) mass is 341 g/mol. The highest BCUT2D eigenvalue weighted by atomic mass is 79.9. The van der Waals surface area contributed by atoms with E-state index in [9.17, 15) is 0 Å². The molecule has 3 rings (SSSR count). The molecule has 1 atom stereocenters. The molecule has 21 heavy (non-hydrogen) atoms. The molecule has 0 saturated carbocycles. The summed E-state index contributed by atoms with van der Waals surface area (Å²) < 4.78 is 1.00. The van der Waals surface area contributed by atoms with E-state index in [1.807, 2.05) is 42.7 Å². The van der Waals surface area contributed by atoms with Crippen LogP contribution in [0.4, 0.5) is 0 Å². The largest absolute Gasteiger partial charge is 0.305 e. The van der Waals surface area contributed by atoms with Crippen molar-refractivity contribution in [3.05, 3.63) is 70.6 Å². The van der Waals surface area contributed by atoms with Gasteiger partial charge in [0.1, 0.15) is 0 Å². The molecule has 106 valence electrons. The molecular weight excluding hydrogens is 326 g/mol. The minimum atomic E-state index is 0.0303. The summed E-state index contributed by atoms with van der Waals surface area (Å²) in [5.74, 6) is 0. The highest BCUT2D eigenvalue weighted by Gasteiger charge is 2.17. The molecule has 1 unspecified atom stereocenters. The predicted molar refractivity (Wildman–Crippen MR) is 89.2 cm³/mol. The van der Waals surface area contributed by atoms with Crippen molar-refractivity contribution in [2.24, 2.45) is 0 Å². The third-order valence-corrected chi connectivity index (χ3v) is 4.08. The van der Waals surface area contributed by atoms with Crippen molar-refractivity contribution in [1.82, 2.24) is 15.3 Å². The van der Waals surface area contributed by atoms with Crippen molar-refractivity contribution >= 4 is 26.8 Å². The third kappa shape index (κ3) is 2.96. The lowest BCUT2D eigenvalue weighted by Crippen LogP contribution is -2.23. The number of fused-ring (bicyclic) bond motifs is 1. The van der Waals surface area contributed by atoms with Crippen LogP contribution in [0.2, 0.25) is 0 Å². The molecule has 4 heteroatoms. The standard InChI is InChI=1S/C17H16BrN3/c1-2-19-16(17-14(18)7-5-9-20-17)13-10-12-6-3-4-8-15(12)21-11-13/h3-11,16,19H,2H2,1H3. The SMILES string of the molecule is CCNC(c1cnc2ccccc2c1)c1ncccc1Br. The minimum absolute atomic E-state index is 0.0303. The number of rotatable bonds is 4. The first-order chi connectivity index (χ1) is 10.3. The molecule has 1 aromatic carbocycles. The van der Waals surface area contributed by atoms with Crippen LogP contribution in [0.25, 0.3) is 10.9 Å². The average molecular weight is 342 g/mol. The Balaban J connectivity index is 2.09. The van der Waals surface area contributed by atoms with Gasteiger partial charge in [0.15, 0.2) is 0 Å². The topological polar surface area (TPSA) is 37.8 Å². The maximum absolute atomic E-state index is 4.56. The van der Waals surface area contributed by atoms with Crippen LogP contribution in [0.3, 0.4) is 0 Å². The average Bonchev–Trinajstić information content (AvgIpc) is 2.53. The quantitative estimate of drug-likeness (QED) is 0.776. The fraction of sp³-hybridized carbons (Fsp3) is 0.176. The van der Waals surface area contributed by atoms with E-state index in [4.69, 9.17) is 0 Å². The van der Waals surface area contributed by atoms with E-state index in [2.05, 4.69) is 50.3 Å². The fourth-order valence-corrected chi connectivity index (χ4v) is 2.92. The van der Waals surface area contributed by atoms with Crippen molar-refractivity contribution in [3.8, 4) is 0 Å². The van der Waals surface area contributed by atoms with Crippen LogP contribution < -0.4 is 5.32 Å². The van der Waals surface area contributed by atoms with Gasteiger partial charge in [-0.2, -0.15) is 0 Å². The number of hydrogen-bond acceptors (Lipinski definition) is 3. The number of nitrogens with zero attached hydrogens (tertiary/aromatic N) is 2. The van der Waals surface area contributed by atoms with Gasteiger partial charge in [0.25, 0.3) is 0 Å². The summed E-state index contributed by atoms with van der Waals surface area (Å²) in [6, 6.07) is 14.3. The van der Waals surface area contributed by atoms with Gasteiger partial charge in [-0.15, -0.1) is 0 Å². The molecule has 3 aromatic rings. The molecule has 0 aliphatic heterocycles. The van der Waals surface area contributed by atoms with Crippen molar-refractivity contribution in [1.29, 1.82) is 0 Å². The molecule has 3 nitrogen and oxygen atoms in total. The van der Waals surface area contributed by atoms with Crippen LogP contribution >= 0.6 is 15.9 Å². The Hall–Kier alpha value is -1.78. The van der Waals surface area contributed by atoms with Gasteiger partial charge in [-0.3, -0.25) is 9.97 Å². The summed E-state index contributed by atoms with van der Waals surface area (Å²) in [6.07, 6.45) is 3.75. The number of nitrogens with one attached hydrogen (secondary N) is 1. The Labute approximate surface area is 132 Å². The minimum Gasteiger partial charge on any atom is -0.305 e. The first kappa shape index (κ1) is 14.2. The van der Waals surface area contributed by atoms with Crippen LogP contribution in [0.15, 0.2) is 59.3 Å². The van der Waals surface area contributed by atoms with Gasteiger partial charge >= 0.3 is 0 Å². The second-order valence-corrected chi connectivity index (χ2v) is 5.68. The number of aromatic nitrogens is 2. The lowest BCUT2D eigenvalue weighted by atomic mass is 10.0. The molecule has 2 aromatic heterocycles. The Morgan fingerprint density at radius 1 is 1.14 bits per heavy atom. The Kier molecular flexibility index (Phi) is 4.27. The summed E-state index contributed by atoms with van der Waals surface area (Å²) in [6.45, 7) is 2.96. The Morgan fingerprint density at radius 2 is 2.00 bits per heavy atom. The molecule has 0 amide bonds. The summed E-state index contributed by atoms with van der Waals surface area (Å²) in [4.78, 5) is 9.07. The predicted octanol–water partition coefficient (Wildman–Crippen LogP) is 4.09. The number of para-hydroxylation sites is 1. The van der Waals surface area contributed by atoms with Gasteiger partial charge in [-0.1, -0.05) is 25.1 Å². The second-order valence-electron chi connectivity index (χ2n) is 4.82. The molecule has 0 radical (unpaired) electrons. The van der Waals surface area contributed by atoms with Gasteiger partial charge in [-0.05, 0) is 52.3 Å². The lowest BCUT2D eigenvalue weighted by Gasteiger charge is -2.19. The molecule has 2 heterocycles. The highest BCUT2D eigenvalue weighted by molar-refractivity contribution is 9.10. The molecule has 0 bridgehead atoms. The molecule has 0 aliphatic carbocycles. The smallest absolute Gasteiger partial charge is 0.0778 e. The summed E-state index contributed by atoms with van der Waals surface area (Å²) >= 11 is 3.59. The maximum atomic E-state index is 4.56. The molecular formula is C17H16BrN3. The van der Waals surface area contributed by atoms with Crippen molar-refractivity contribution in [2.75, 3.05) is 6.54 Å². The number of hydrogen-bond donors (Lipinski definition) is 1. The summed E-state index contributed by atoms with van der Waals surface area (Å²) in [7, 11) is 0. The number of halogens is 1. The zero-order valence-corrected chi connectivity index (χ0v) is 13.3. The van der Waals surface area contributed by atoms with Gasteiger partial charge < -0.3 is 5.32 Å². The van der Waals surface area contributed by atoms with Crippen molar-refractivity contribution < 1.29 is 0 Å². The summed E-state index contributed by atoms with van der Waals surface area (Å²) in [5, 5.41) is 4.63. The van der Waals surface area contributed by atoms with Crippen LogP contribution in [0.1, 0.15) is 24.2 Å². The van der Waals surface area contributed by atoms with Gasteiger partial charge in [-0.25, -0.2) is 0 Å². The Morgan fingerprint density at radius 3 is 2.81 bits per heavy atom. The normalized spacial score (nSPS) is 12.5. The molecule has 0 aliphatic rings. The van der Waals surface area contributed by atoms with E-state index in [-0.39, 0.29) is 6.04 Å². The lowest BCUT2D eigenvalue weighted by molar-refractivity contribution is 0.612. The van der Waals surface area contributed by atoms with E-state index < -0.39 is 0 Å². The molecule has 0 saturated heterocycles. The van der Waals surface area contributed by atoms with Gasteiger partial charge in [0.2, 0.25) is 0 Å². The number of pyridine rings is 2. The zero-order valence-electron chi connectivity index (χ0n) is 11.8. The summed E-state index contributed by atoms with van der Waals surface area (Å²) in [5.41, 5.74) is 3.11. The Bertz CT molecular complexity index is 758. The van der Waals surface area contributed by atoms with Gasteiger partial charge in [0, 0.05) is 22.3 Å². The van der Waals surface area contributed by atoms with E-state index in [1.165, 1.54) is 0 Å². The van der Waals surface area contributed by atoms with Crippen LogP contribution in [-0.2, 0) is 0 Å². The van der Waals surface area contributed by atoms with E-state index >= 15 is 0 Å². The number of benzene rings is 1. The molecule has 1 N–H and O–H groups in total. The van der Waals surface area contributed by atoms with Crippen LogP contribution in [0.5, 0.6) is 0 Å². The second kappa shape index (κ2) is 6.33.